The summed E-state index contributed by atoms with van der Waals surface area (Å²) in [5.41, 5.74) is 3.24. The minimum atomic E-state index is -0.915. The molecule has 1 heterocycles. The van der Waals surface area contributed by atoms with Crippen molar-refractivity contribution >= 4 is 11.9 Å². The number of hydrogen-bond donors (Lipinski definition) is 1. The predicted molar refractivity (Wildman–Crippen MR) is 106 cm³/mol. The van der Waals surface area contributed by atoms with E-state index in [1.807, 2.05) is 26.2 Å². The van der Waals surface area contributed by atoms with Crippen molar-refractivity contribution in [3.8, 4) is 5.69 Å². The number of benzene rings is 1. The highest BCUT2D eigenvalue weighted by Crippen LogP contribution is 2.43. The van der Waals surface area contributed by atoms with Crippen LogP contribution in [0.3, 0.4) is 0 Å². The first-order valence-corrected chi connectivity index (χ1v) is 10.1. The largest absolute Gasteiger partial charge is 0.478 e. The van der Waals surface area contributed by atoms with Gasteiger partial charge in [-0.25, -0.2) is 9.48 Å². The van der Waals surface area contributed by atoms with E-state index in [1.165, 1.54) is 11.8 Å². The van der Waals surface area contributed by atoms with E-state index in [1.54, 1.807) is 9.58 Å². The molecule has 2 atom stereocenters. The Morgan fingerprint density at radius 2 is 1.93 bits per heavy atom. The zero-order valence-electron chi connectivity index (χ0n) is 16.5. The van der Waals surface area contributed by atoms with Gasteiger partial charge in [-0.1, -0.05) is 18.6 Å². The Kier molecular flexibility index (Phi) is 4.96. The van der Waals surface area contributed by atoms with Gasteiger partial charge in [0.1, 0.15) is 5.56 Å². The molecule has 0 bridgehead atoms. The fraction of sp³-hybridized carbons (Fsp3) is 0.500. The first-order valence-electron chi connectivity index (χ1n) is 10.1. The van der Waals surface area contributed by atoms with Crippen LogP contribution >= 0.6 is 0 Å². The van der Waals surface area contributed by atoms with Crippen molar-refractivity contribution in [2.75, 3.05) is 14.1 Å². The van der Waals surface area contributed by atoms with Crippen molar-refractivity contribution in [3.63, 3.8) is 0 Å². The standard InChI is InChI=1S/C22H27N3O3/c1-24(2)21(26)17-7-3-5-15(11-17)16-6-4-8-18(12-16)25-20(14-9-10-14)19(13-23-25)22(27)28/h4,6,8,12-15,17H,3,5,7,9-11H2,1-2H3,(H,27,28). The highest BCUT2D eigenvalue weighted by molar-refractivity contribution is 5.89. The molecule has 6 nitrogen and oxygen atoms in total. The Hall–Kier alpha value is -2.63. The number of hydrogen-bond acceptors (Lipinski definition) is 3. The van der Waals surface area contributed by atoms with E-state index in [4.69, 9.17) is 0 Å². The Morgan fingerprint density at radius 3 is 2.61 bits per heavy atom. The lowest BCUT2D eigenvalue weighted by Crippen LogP contribution is -2.32. The van der Waals surface area contributed by atoms with Gasteiger partial charge in [0, 0.05) is 25.9 Å². The number of carbonyl (C=O) groups excluding carboxylic acids is 1. The van der Waals surface area contributed by atoms with Crippen molar-refractivity contribution in [3.05, 3.63) is 47.3 Å². The molecule has 0 aliphatic heterocycles. The Balaban J connectivity index is 1.62. The molecule has 2 aliphatic rings. The molecule has 4 rings (SSSR count). The number of aromatic nitrogens is 2. The molecule has 2 aromatic rings. The number of aromatic carboxylic acids is 1. The molecular formula is C22H27N3O3. The topological polar surface area (TPSA) is 75.4 Å². The Bertz CT molecular complexity index is 898. The second-order valence-corrected chi connectivity index (χ2v) is 8.32. The van der Waals surface area contributed by atoms with Crippen LogP contribution in [0.5, 0.6) is 0 Å². The van der Waals surface area contributed by atoms with E-state index >= 15 is 0 Å². The molecule has 1 aromatic carbocycles. The van der Waals surface area contributed by atoms with Crippen LogP contribution in [-0.4, -0.2) is 45.8 Å². The molecule has 1 aromatic heterocycles. The van der Waals surface area contributed by atoms with Gasteiger partial charge in [-0.2, -0.15) is 5.10 Å². The zero-order valence-corrected chi connectivity index (χ0v) is 16.5. The van der Waals surface area contributed by atoms with E-state index in [-0.39, 0.29) is 17.7 Å². The maximum atomic E-state index is 12.4. The minimum absolute atomic E-state index is 0.0859. The van der Waals surface area contributed by atoms with Gasteiger partial charge in [0.2, 0.25) is 5.91 Å². The third-order valence-electron chi connectivity index (χ3n) is 6.05. The van der Waals surface area contributed by atoms with Gasteiger partial charge in [0.15, 0.2) is 0 Å². The summed E-state index contributed by atoms with van der Waals surface area (Å²) in [5, 5.41) is 13.9. The number of nitrogens with zero attached hydrogens (tertiary/aromatic N) is 3. The summed E-state index contributed by atoms with van der Waals surface area (Å²) in [5.74, 6) is 0.0231. The van der Waals surface area contributed by atoms with E-state index in [9.17, 15) is 14.7 Å². The molecule has 2 fully saturated rings. The van der Waals surface area contributed by atoms with Crippen molar-refractivity contribution < 1.29 is 14.7 Å². The highest BCUT2D eigenvalue weighted by Gasteiger charge is 2.33. The third-order valence-corrected chi connectivity index (χ3v) is 6.05. The van der Waals surface area contributed by atoms with Gasteiger partial charge in [0.05, 0.1) is 17.6 Å². The highest BCUT2D eigenvalue weighted by atomic mass is 16.4. The van der Waals surface area contributed by atoms with Crippen molar-refractivity contribution in [2.24, 2.45) is 5.92 Å². The molecule has 2 unspecified atom stereocenters. The van der Waals surface area contributed by atoms with E-state index in [0.717, 1.165) is 49.9 Å². The van der Waals surface area contributed by atoms with Crippen LogP contribution in [0.15, 0.2) is 30.5 Å². The summed E-state index contributed by atoms with van der Waals surface area (Å²) >= 11 is 0. The van der Waals surface area contributed by atoms with Gasteiger partial charge in [-0.15, -0.1) is 0 Å². The van der Waals surface area contributed by atoms with E-state index < -0.39 is 5.97 Å². The van der Waals surface area contributed by atoms with Crippen LogP contribution in [0.4, 0.5) is 0 Å². The van der Waals surface area contributed by atoms with Crippen LogP contribution in [0.2, 0.25) is 0 Å². The smallest absolute Gasteiger partial charge is 0.339 e. The third kappa shape index (κ3) is 3.55. The van der Waals surface area contributed by atoms with Crippen LogP contribution in [0, 0.1) is 5.92 Å². The van der Waals surface area contributed by atoms with E-state index in [0.29, 0.717) is 11.5 Å². The lowest BCUT2D eigenvalue weighted by atomic mass is 9.77. The average molecular weight is 381 g/mol. The summed E-state index contributed by atoms with van der Waals surface area (Å²) in [6.45, 7) is 0. The number of carboxylic acids is 1. The number of rotatable bonds is 5. The summed E-state index contributed by atoms with van der Waals surface area (Å²) < 4.78 is 1.80. The first kappa shape index (κ1) is 18.7. The lowest BCUT2D eigenvalue weighted by Gasteiger charge is -2.30. The van der Waals surface area contributed by atoms with E-state index in [2.05, 4.69) is 17.2 Å². The quantitative estimate of drug-likeness (QED) is 0.854. The number of carboxylic acid groups (broad SMARTS) is 1. The predicted octanol–water partition coefficient (Wildman–Crippen LogP) is 3.81. The number of amides is 1. The molecule has 0 radical (unpaired) electrons. The van der Waals surface area contributed by atoms with Gasteiger partial charge in [-0.05, 0) is 55.7 Å². The maximum Gasteiger partial charge on any atom is 0.339 e. The molecule has 0 saturated heterocycles. The van der Waals surface area contributed by atoms with Crippen LogP contribution < -0.4 is 0 Å². The first-order chi connectivity index (χ1) is 13.5. The SMILES string of the molecule is CN(C)C(=O)C1CCCC(c2cccc(-n3ncc(C(=O)O)c3C3CC3)c2)C1. The molecule has 2 saturated carbocycles. The van der Waals surface area contributed by atoms with Gasteiger partial charge in [-0.3, -0.25) is 4.79 Å². The zero-order chi connectivity index (χ0) is 19.8. The fourth-order valence-electron chi connectivity index (χ4n) is 4.47. The second kappa shape index (κ2) is 7.41. The lowest BCUT2D eigenvalue weighted by molar-refractivity contribution is -0.134. The van der Waals surface area contributed by atoms with Crippen molar-refractivity contribution in [1.29, 1.82) is 0 Å². The van der Waals surface area contributed by atoms with Crippen LogP contribution in [-0.2, 0) is 4.79 Å². The Morgan fingerprint density at radius 1 is 1.14 bits per heavy atom. The molecule has 2 aliphatic carbocycles. The fourth-order valence-corrected chi connectivity index (χ4v) is 4.47. The van der Waals surface area contributed by atoms with Gasteiger partial charge < -0.3 is 10.0 Å². The summed E-state index contributed by atoms with van der Waals surface area (Å²) in [7, 11) is 3.65. The summed E-state index contributed by atoms with van der Waals surface area (Å²) in [6.07, 6.45) is 7.46. The average Bonchev–Trinajstić information content (AvgIpc) is 3.44. The van der Waals surface area contributed by atoms with Crippen LogP contribution in [0.1, 0.15) is 72.0 Å². The maximum absolute atomic E-state index is 12.4. The molecule has 1 amide bonds. The second-order valence-electron chi connectivity index (χ2n) is 8.32. The minimum Gasteiger partial charge on any atom is -0.478 e. The monoisotopic (exact) mass is 381 g/mol. The Labute approximate surface area is 165 Å². The van der Waals surface area contributed by atoms with Gasteiger partial charge >= 0.3 is 5.97 Å². The van der Waals surface area contributed by atoms with Gasteiger partial charge in [0.25, 0.3) is 0 Å². The van der Waals surface area contributed by atoms with Crippen molar-refractivity contribution in [1.82, 2.24) is 14.7 Å². The molecule has 28 heavy (non-hydrogen) atoms. The molecule has 0 spiro atoms. The molecule has 6 heteroatoms. The molecule has 1 N–H and O–H groups in total. The van der Waals surface area contributed by atoms with Crippen molar-refractivity contribution in [2.45, 2.75) is 50.4 Å². The normalized spacial score (nSPS) is 22.1. The van der Waals surface area contributed by atoms with Crippen LogP contribution in [0.25, 0.3) is 5.69 Å². The summed E-state index contributed by atoms with van der Waals surface area (Å²) in [6, 6.07) is 8.24. The molecule has 148 valence electrons. The number of carbonyl (C=O) groups is 2. The molecular weight excluding hydrogens is 354 g/mol. The summed E-state index contributed by atoms with van der Waals surface area (Å²) in [4.78, 5) is 25.7.